The molecule has 0 radical (unpaired) electrons. The van der Waals surface area contributed by atoms with Gasteiger partial charge in [-0.05, 0) is 49.7 Å². The molecule has 0 bridgehead atoms. The Bertz CT molecular complexity index is 678. The largest absolute Gasteiger partial charge is 0.497 e. The van der Waals surface area contributed by atoms with Gasteiger partial charge in [-0.3, -0.25) is 0 Å². The van der Waals surface area contributed by atoms with E-state index < -0.39 is 0 Å². The Kier molecular flexibility index (Phi) is 5.68. The molecule has 4 nitrogen and oxygen atoms in total. The number of hydrogen-bond acceptors (Lipinski definition) is 5. The van der Waals surface area contributed by atoms with Crippen LogP contribution in [0, 0.1) is 25.2 Å². The molecule has 0 aliphatic carbocycles. The highest BCUT2D eigenvalue weighted by atomic mass is 32.2. The molecule has 1 aromatic heterocycles. The molecule has 0 spiro atoms. The van der Waals surface area contributed by atoms with Crippen molar-refractivity contribution >= 4 is 11.8 Å². The van der Waals surface area contributed by atoms with E-state index in [-0.39, 0.29) is 0 Å². The Labute approximate surface area is 135 Å². The second-order valence-electron chi connectivity index (χ2n) is 4.74. The maximum Gasteiger partial charge on any atom is 0.119 e. The molecule has 0 aliphatic heterocycles. The van der Waals surface area contributed by atoms with Gasteiger partial charge in [-0.15, -0.1) is 11.8 Å². The van der Waals surface area contributed by atoms with Crippen molar-refractivity contribution in [1.29, 1.82) is 5.26 Å². The van der Waals surface area contributed by atoms with Gasteiger partial charge in [-0.2, -0.15) is 5.26 Å². The van der Waals surface area contributed by atoms with Crippen LogP contribution < -0.4 is 9.47 Å². The second-order valence-corrected chi connectivity index (χ2v) is 5.83. The zero-order chi connectivity index (χ0) is 15.9. The number of rotatable bonds is 6. The van der Waals surface area contributed by atoms with Crippen molar-refractivity contribution in [3.8, 4) is 17.6 Å². The van der Waals surface area contributed by atoms with Gasteiger partial charge < -0.3 is 9.47 Å². The predicted molar refractivity (Wildman–Crippen MR) is 87.6 cm³/mol. The molecule has 22 heavy (non-hydrogen) atoms. The molecule has 0 saturated heterocycles. The first-order valence-electron chi connectivity index (χ1n) is 6.92. The van der Waals surface area contributed by atoms with Gasteiger partial charge in [0.25, 0.3) is 0 Å². The van der Waals surface area contributed by atoms with Crippen LogP contribution in [0.4, 0.5) is 0 Å². The Morgan fingerprint density at radius 1 is 1.18 bits per heavy atom. The highest BCUT2D eigenvalue weighted by Crippen LogP contribution is 2.24. The molecular formula is C17H18N2O2S. The minimum Gasteiger partial charge on any atom is -0.497 e. The topological polar surface area (TPSA) is 55.1 Å². The van der Waals surface area contributed by atoms with Crippen LogP contribution in [0.5, 0.6) is 11.5 Å². The van der Waals surface area contributed by atoms with E-state index in [4.69, 9.17) is 9.47 Å². The third kappa shape index (κ3) is 4.15. The normalized spacial score (nSPS) is 10.1. The molecule has 0 fully saturated rings. The molecule has 0 atom stereocenters. The number of methoxy groups -OCH3 is 1. The number of hydrogen-bond donors (Lipinski definition) is 0. The molecule has 5 heteroatoms. The van der Waals surface area contributed by atoms with Crippen molar-refractivity contribution in [1.82, 2.24) is 4.98 Å². The van der Waals surface area contributed by atoms with E-state index in [0.29, 0.717) is 12.2 Å². The quantitative estimate of drug-likeness (QED) is 0.600. The van der Waals surface area contributed by atoms with E-state index in [9.17, 15) is 5.26 Å². The highest BCUT2D eigenvalue weighted by Gasteiger charge is 2.09. The zero-order valence-electron chi connectivity index (χ0n) is 12.9. The van der Waals surface area contributed by atoms with Crippen molar-refractivity contribution in [2.75, 3.05) is 19.5 Å². The summed E-state index contributed by atoms with van der Waals surface area (Å²) in [6.45, 7) is 4.42. The number of benzene rings is 1. The van der Waals surface area contributed by atoms with Gasteiger partial charge in [0.2, 0.25) is 0 Å². The molecule has 2 aromatic rings. The Morgan fingerprint density at radius 3 is 2.50 bits per heavy atom. The second kappa shape index (κ2) is 7.71. The summed E-state index contributed by atoms with van der Waals surface area (Å²) in [5, 5.41) is 10.0. The molecule has 0 saturated carbocycles. The van der Waals surface area contributed by atoms with Crippen molar-refractivity contribution in [2.24, 2.45) is 0 Å². The first kappa shape index (κ1) is 16.2. The third-order valence-corrected chi connectivity index (χ3v) is 4.01. The zero-order valence-corrected chi connectivity index (χ0v) is 13.7. The van der Waals surface area contributed by atoms with Crippen LogP contribution in [0.2, 0.25) is 0 Å². The van der Waals surface area contributed by atoms with E-state index in [1.54, 1.807) is 18.9 Å². The maximum absolute atomic E-state index is 9.23. The summed E-state index contributed by atoms with van der Waals surface area (Å²) in [6, 6.07) is 11.6. The summed E-state index contributed by atoms with van der Waals surface area (Å²) in [4.78, 5) is 4.44. The van der Waals surface area contributed by atoms with Crippen molar-refractivity contribution in [3.63, 3.8) is 0 Å². The van der Waals surface area contributed by atoms with E-state index >= 15 is 0 Å². The number of thioether (sulfide) groups is 1. The average molecular weight is 314 g/mol. The Balaban J connectivity index is 1.90. The highest BCUT2D eigenvalue weighted by molar-refractivity contribution is 7.99. The number of nitriles is 1. The predicted octanol–water partition coefficient (Wildman–Crippen LogP) is 3.75. The standard InChI is InChI=1S/C17H18N2O2S/c1-12-10-13(2)19-17(16(12)11-18)22-9-8-21-15-6-4-14(20-3)5-7-15/h4-7,10H,8-9H2,1-3H3. The van der Waals surface area contributed by atoms with Gasteiger partial charge in [-0.25, -0.2) is 4.98 Å². The lowest BCUT2D eigenvalue weighted by molar-refractivity contribution is 0.342. The Morgan fingerprint density at radius 2 is 1.86 bits per heavy atom. The van der Waals surface area contributed by atoms with Gasteiger partial charge >= 0.3 is 0 Å². The van der Waals surface area contributed by atoms with E-state index in [2.05, 4.69) is 11.1 Å². The smallest absolute Gasteiger partial charge is 0.119 e. The fourth-order valence-electron chi connectivity index (χ4n) is 2.01. The van der Waals surface area contributed by atoms with Gasteiger partial charge in [0, 0.05) is 11.4 Å². The van der Waals surface area contributed by atoms with Crippen LogP contribution in [0.1, 0.15) is 16.8 Å². The lowest BCUT2D eigenvalue weighted by Gasteiger charge is -2.09. The average Bonchev–Trinajstić information content (AvgIpc) is 2.52. The minimum atomic E-state index is 0.552. The molecule has 114 valence electrons. The van der Waals surface area contributed by atoms with Crippen molar-refractivity contribution < 1.29 is 9.47 Å². The SMILES string of the molecule is COc1ccc(OCCSc2nc(C)cc(C)c2C#N)cc1. The van der Waals surface area contributed by atoms with Crippen molar-refractivity contribution in [3.05, 3.63) is 47.2 Å². The van der Waals surface area contributed by atoms with E-state index in [0.717, 1.165) is 33.5 Å². The van der Waals surface area contributed by atoms with E-state index in [1.807, 2.05) is 44.2 Å². The lowest BCUT2D eigenvalue weighted by Crippen LogP contribution is -2.02. The molecule has 1 aromatic carbocycles. The molecule has 1 heterocycles. The van der Waals surface area contributed by atoms with Crippen LogP contribution >= 0.6 is 11.8 Å². The molecule has 0 aliphatic rings. The number of nitrogens with zero attached hydrogens (tertiary/aromatic N) is 2. The molecular weight excluding hydrogens is 296 g/mol. The summed E-state index contributed by atoms with van der Waals surface area (Å²) < 4.78 is 10.8. The minimum absolute atomic E-state index is 0.552. The van der Waals surface area contributed by atoms with Gasteiger partial charge in [0.15, 0.2) is 0 Å². The fourth-order valence-corrected chi connectivity index (χ4v) is 2.93. The molecule has 2 rings (SSSR count). The summed E-state index contributed by atoms with van der Waals surface area (Å²) in [7, 11) is 1.64. The Hall–Kier alpha value is -2.19. The first-order chi connectivity index (χ1) is 10.6. The number of ether oxygens (including phenoxy) is 2. The molecule has 0 N–H and O–H groups in total. The van der Waals surface area contributed by atoms with Crippen LogP contribution in [0.25, 0.3) is 0 Å². The van der Waals surface area contributed by atoms with Crippen LogP contribution in [-0.2, 0) is 0 Å². The molecule has 0 amide bonds. The van der Waals surface area contributed by atoms with Crippen LogP contribution in [0.15, 0.2) is 35.4 Å². The van der Waals surface area contributed by atoms with Gasteiger partial charge in [-0.1, -0.05) is 0 Å². The summed E-state index contributed by atoms with van der Waals surface area (Å²) in [6.07, 6.45) is 0. The monoisotopic (exact) mass is 314 g/mol. The van der Waals surface area contributed by atoms with Gasteiger partial charge in [0.05, 0.1) is 19.3 Å². The van der Waals surface area contributed by atoms with Gasteiger partial charge in [0.1, 0.15) is 22.6 Å². The van der Waals surface area contributed by atoms with Crippen molar-refractivity contribution in [2.45, 2.75) is 18.9 Å². The third-order valence-electron chi connectivity index (χ3n) is 3.07. The van der Waals surface area contributed by atoms with E-state index in [1.165, 1.54) is 0 Å². The summed E-state index contributed by atoms with van der Waals surface area (Å²) in [5.41, 5.74) is 2.55. The summed E-state index contributed by atoms with van der Waals surface area (Å²) in [5.74, 6) is 2.34. The first-order valence-corrected chi connectivity index (χ1v) is 7.90. The number of aromatic nitrogens is 1. The fraction of sp³-hybridized carbons (Fsp3) is 0.294. The number of pyridine rings is 1. The summed E-state index contributed by atoms with van der Waals surface area (Å²) >= 11 is 1.54. The van der Waals surface area contributed by atoms with Crippen LogP contribution in [0.3, 0.4) is 0 Å². The maximum atomic E-state index is 9.23. The molecule has 0 unspecified atom stereocenters. The lowest BCUT2D eigenvalue weighted by atomic mass is 10.1. The van der Waals surface area contributed by atoms with Crippen LogP contribution in [-0.4, -0.2) is 24.5 Å². The number of aryl methyl sites for hydroxylation is 2.